The summed E-state index contributed by atoms with van der Waals surface area (Å²) in [7, 11) is 6.37. The maximum atomic E-state index is 13.8. The normalized spacial score (nSPS) is 14.6. The molecule has 0 fully saturated rings. The van der Waals surface area contributed by atoms with Gasteiger partial charge in [0.2, 0.25) is 0 Å². The Morgan fingerprint density at radius 2 is 1.47 bits per heavy atom. The molecule has 0 saturated carbocycles. The predicted molar refractivity (Wildman–Crippen MR) is 138 cm³/mol. The van der Waals surface area contributed by atoms with E-state index in [1.54, 1.807) is 46.6 Å². The van der Waals surface area contributed by atoms with Crippen molar-refractivity contribution >= 4 is 5.91 Å². The van der Waals surface area contributed by atoms with E-state index in [0.717, 1.165) is 23.3 Å². The molecule has 0 bridgehead atoms. The molecule has 3 aromatic carbocycles. The number of nitrogens with zero attached hydrogens (tertiary/aromatic N) is 1. The molecule has 0 aromatic heterocycles. The summed E-state index contributed by atoms with van der Waals surface area (Å²) in [6.07, 6.45) is 1.65. The minimum absolute atomic E-state index is 0.123. The summed E-state index contributed by atoms with van der Waals surface area (Å²) in [6, 6.07) is 16.9. The number of aryl methyl sites for hydroxylation is 1. The van der Waals surface area contributed by atoms with E-state index < -0.39 is 0 Å². The summed E-state index contributed by atoms with van der Waals surface area (Å²) >= 11 is 0. The van der Waals surface area contributed by atoms with E-state index in [-0.39, 0.29) is 11.9 Å². The van der Waals surface area contributed by atoms with Crippen molar-refractivity contribution in [2.75, 3.05) is 41.6 Å². The van der Waals surface area contributed by atoms with Gasteiger partial charge in [-0.25, -0.2) is 0 Å². The average Bonchev–Trinajstić information content (AvgIpc) is 2.94. The van der Waals surface area contributed by atoms with Crippen LogP contribution >= 0.6 is 0 Å². The minimum atomic E-state index is -0.330. The van der Waals surface area contributed by atoms with Crippen LogP contribution in [0.15, 0.2) is 54.6 Å². The second kappa shape index (κ2) is 11.2. The number of ether oxygens (including phenoxy) is 5. The van der Waals surface area contributed by atoms with Crippen molar-refractivity contribution in [3.63, 3.8) is 0 Å². The average molecular weight is 492 g/mol. The fourth-order valence-corrected chi connectivity index (χ4v) is 4.54. The van der Waals surface area contributed by atoms with E-state index >= 15 is 0 Å². The number of hydrogen-bond donors (Lipinski definition) is 0. The molecular formula is C29H33NO6. The lowest BCUT2D eigenvalue weighted by atomic mass is 9.91. The van der Waals surface area contributed by atoms with Crippen molar-refractivity contribution in [3.8, 4) is 28.7 Å². The molecule has 3 aromatic rings. The zero-order valence-corrected chi connectivity index (χ0v) is 21.5. The lowest BCUT2D eigenvalue weighted by Crippen LogP contribution is -2.42. The summed E-state index contributed by atoms with van der Waals surface area (Å²) in [5.41, 5.74) is 3.82. The Hall–Kier alpha value is -3.87. The van der Waals surface area contributed by atoms with Crippen LogP contribution in [-0.4, -0.2) is 52.4 Å². The maximum Gasteiger partial charge on any atom is 0.254 e. The van der Waals surface area contributed by atoms with E-state index in [4.69, 9.17) is 23.7 Å². The van der Waals surface area contributed by atoms with Crippen molar-refractivity contribution < 1.29 is 28.5 Å². The van der Waals surface area contributed by atoms with Crippen LogP contribution in [0.25, 0.3) is 0 Å². The molecule has 0 spiro atoms. The van der Waals surface area contributed by atoms with E-state index in [1.165, 1.54) is 5.56 Å². The molecule has 4 rings (SSSR count). The molecule has 0 unspecified atom stereocenters. The molecule has 0 radical (unpaired) electrons. The van der Waals surface area contributed by atoms with E-state index in [1.807, 2.05) is 29.2 Å². The number of fused-ring (bicyclic) bond motifs is 1. The van der Waals surface area contributed by atoms with Crippen LogP contribution in [0.5, 0.6) is 28.7 Å². The largest absolute Gasteiger partial charge is 0.497 e. The summed E-state index contributed by atoms with van der Waals surface area (Å²) in [4.78, 5) is 15.7. The summed E-state index contributed by atoms with van der Waals surface area (Å²) in [5, 5.41) is 0. The Labute approximate surface area is 212 Å². The van der Waals surface area contributed by atoms with Crippen molar-refractivity contribution in [2.45, 2.75) is 25.8 Å². The summed E-state index contributed by atoms with van der Waals surface area (Å²) in [5.74, 6) is 3.04. The van der Waals surface area contributed by atoms with E-state index in [0.29, 0.717) is 48.1 Å². The third-order valence-corrected chi connectivity index (χ3v) is 6.60. The Morgan fingerprint density at radius 3 is 2.06 bits per heavy atom. The Kier molecular flexibility index (Phi) is 7.88. The fraction of sp³-hybridized carbons (Fsp3) is 0.345. The molecule has 1 aliphatic rings. The van der Waals surface area contributed by atoms with Gasteiger partial charge in [-0.2, -0.15) is 0 Å². The smallest absolute Gasteiger partial charge is 0.254 e. The quantitative estimate of drug-likeness (QED) is 0.415. The number of methoxy groups -OCH3 is 4. The van der Waals surface area contributed by atoms with Gasteiger partial charge in [0.25, 0.3) is 5.91 Å². The highest BCUT2D eigenvalue weighted by molar-refractivity contribution is 5.95. The van der Waals surface area contributed by atoms with Crippen molar-refractivity contribution in [3.05, 3.63) is 76.9 Å². The molecule has 7 nitrogen and oxygen atoms in total. The Morgan fingerprint density at radius 1 is 0.833 bits per heavy atom. The number of benzene rings is 3. The highest BCUT2D eigenvalue weighted by Crippen LogP contribution is 2.39. The highest BCUT2D eigenvalue weighted by atomic mass is 16.5. The van der Waals surface area contributed by atoms with Crippen LogP contribution < -0.4 is 23.7 Å². The second-order valence-corrected chi connectivity index (χ2v) is 8.58. The predicted octanol–water partition coefficient (Wildman–Crippen LogP) is 5.10. The number of hydrogen-bond acceptors (Lipinski definition) is 6. The van der Waals surface area contributed by atoms with Crippen molar-refractivity contribution in [2.24, 2.45) is 0 Å². The topological polar surface area (TPSA) is 66.5 Å². The summed E-state index contributed by atoms with van der Waals surface area (Å²) < 4.78 is 28.1. The first-order chi connectivity index (χ1) is 17.5. The molecule has 190 valence electrons. The van der Waals surface area contributed by atoms with Crippen LogP contribution in [0.4, 0.5) is 0 Å². The van der Waals surface area contributed by atoms with Gasteiger partial charge in [-0.3, -0.25) is 4.79 Å². The number of amides is 1. The van der Waals surface area contributed by atoms with Gasteiger partial charge in [-0.15, -0.1) is 0 Å². The van der Waals surface area contributed by atoms with Gasteiger partial charge in [0.05, 0.1) is 34.5 Å². The second-order valence-electron chi connectivity index (χ2n) is 8.58. The first-order valence-electron chi connectivity index (χ1n) is 12.0. The van der Waals surface area contributed by atoms with Gasteiger partial charge in [0, 0.05) is 18.2 Å². The zero-order chi connectivity index (χ0) is 25.7. The van der Waals surface area contributed by atoms with Gasteiger partial charge in [0.1, 0.15) is 23.9 Å². The number of carbonyl (C=O) groups is 1. The fourth-order valence-electron chi connectivity index (χ4n) is 4.54. The standard InChI is InChI=1S/C29H33NO6/c1-6-19-7-9-22(10-8-19)36-18-26-25-17-28(35-5)27(34-4)15-20(25)11-12-30(26)29(31)21-13-23(32-2)16-24(14-21)33-3/h7-10,13-17,26H,6,11-12,18H2,1-5H3/t26-/m1/s1. The van der Waals surface area contributed by atoms with Crippen molar-refractivity contribution in [1.82, 2.24) is 4.90 Å². The van der Waals surface area contributed by atoms with Crippen LogP contribution in [-0.2, 0) is 12.8 Å². The van der Waals surface area contributed by atoms with Gasteiger partial charge >= 0.3 is 0 Å². The van der Waals surface area contributed by atoms with Crippen LogP contribution in [0, 0.1) is 0 Å². The zero-order valence-electron chi connectivity index (χ0n) is 21.5. The van der Waals surface area contributed by atoms with Crippen LogP contribution in [0.3, 0.4) is 0 Å². The third-order valence-electron chi connectivity index (χ3n) is 6.60. The first-order valence-corrected chi connectivity index (χ1v) is 12.0. The van der Waals surface area contributed by atoms with Gasteiger partial charge in [-0.05, 0) is 65.9 Å². The monoisotopic (exact) mass is 491 g/mol. The van der Waals surface area contributed by atoms with Crippen LogP contribution in [0.1, 0.15) is 40.0 Å². The first kappa shape index (κ1) is 25.2. The molecule has 0 aliphatic carbocycles. The Balaban J connectivity index is 1.71. The lowest BCUT2D eigenvalue weighted by molar-refractivity contribution is 0.0588. The molecule has 0 saturated heterocycles. The van der Waals surface area contributed by atoms with Crippen molar-refractivity contribution in [1.29, 1.82) is 0 Å². The van der Waals surface area contributed by atoms with Gasteiger partial charge in [-0.1, -0.05) is 19.1 Å². The van der Waals surface area contributed by atoms with Gasteiger partial charge < -0.3 is 28.6 Å². The van der Waals surface area contributed by atoms with E-state index in [9.17, 15) is 4.79 Å². The maximum absolute atomic E-state index is 13.8. The molecule has 1 aliphatic heterocycles. The SMILES string of the molecule is CCc1ccc(OC[C@@H]2c3cc(OC)c(OC)cc3CCN2C(=O)c2cc(OC)cc(OC)c2)cc1. The van der Waals surface area contributed by atoms with Gasteiger partial charge in [0.15, 0.2) is 11.5 Å². The highest BCUT2D eigenvalue weighted by Gasteiger charge is 2.33. The Bertz CT molecular complexity index is 1180. The molecule has 1 heterocycles. The molecule has 7 heteroatoms. The van der Waals surface area contributed by atoms with E-state index in [2.05, 4.69) is 19.1 Å². The molecule has 0 N–H and O–H groups in total. The molecule has 1 atom stereocenters. The summed E-state index contributed by atoms with van der Waals surface area (Å²) in [6.45, 7) is 2.94. The number of rotatable bonds is 9. The molecule has 1 amide bonds. The molecular weight excluding hydrogens is 458 g/mol. The number of carbonyl (C=O) groups excluding carboxylic acids is 1. The lowest BCUT2D eigenvalue weighted by Gasteiger charge is -2.37. The molecule has 36 heavy (non-hydrogen) atoms. The minimum Gasteiger partial charge on any atom is -0.497 e. The van der Waals surface area contributed by atoms with Crippen LogP contribution in [0.2, 0.25) is 0 Å². The third kappa shape index (κ3) is 5.20.